The quantitative estimate of drug-likeness (QED) is 0.730. The van der Waals surface area contributed by atoms with E-state index in [1.807, 2.05) is 48.1 Å². The summed E-state index contributed by atoms with van der Waals surface area (Å²) in [6, 6.07) is 10.1. The molecule has 0 bridgehead atoms. The lowest BCUT2D eigenvalue weighted by Gasteiger charge is -2.34. The molecule has 0 unspecified atom stereocenters. The van der Waals surface area contributed by atoms with E-state index < -0.39 is 0 Å². The van der Waals surface area contributed by atoms with Crippen molar-refractivity contribution in [3.63, 3.8) is 0 Å². The second-order valence-electron chi connectivity index (χ2n) is 6.02. The molecule has 6 nitrogen and oxygen atoms in total. The standard InChI is InChI=1S/C17H20N6S/c1-14-13-24-17(18-14)22-9-7-21(8-10-22)11-15-12-23(20-19-15)16-5-3-2-4-6-16/h2-6,12-13H,7-11H2,1H3. The van der Waals surface area contributed by atoms with Gasteiger partial charge in [-0.1, -0.05) is 23.4 Å². The van der Waals surface area contributed by atoms with E-state index in [2.05, 4.69) is 30.5 Å². The number of piperazine rings is 1. The topological polar surface area (TPSA) is 50.1 Å². The minimum Gasteiger partial charge on any atom is -0.346 e. The highest BCUT2D eigenvalue weighted by atomic mass is 32.1. The molecule has 1 saturated heterocycles. The summed E-state index contributed by atoms with van der Waals surface area (Å²) in [7, 11) is 0. The van der Waals surface area contributed by atoms with Crippen molar-refractivity contribution < 1.29 is 0 Å². The summed E-state index contributed by atoms with van der Waals surface area (Å²) in [6.07, 6.45) is 2.02. The molecule has 1 aliphatic rings. The van der Waals surface area contributed by atoms with Crippen molar-refractivity contribution in [2.45, 2.75) is 13.5 Å². The molecule has 1 aromatic carbocycles. The van der Waals surface area contributed by atoms with Crippen LogP contribution in [-0.2, 0) is 6.54 Å². The molecule has 1 fully saturated rings. The van der Waals surface area contributed by atoms with E-state index in [1.165, 1.54) is 0 Å². The van der Waals surface area contributed by atoms with Crippen LogP contribution >= 0.6 is 11.3 Å². The Morgan fingerprint density at radius 3 is 2.58 bits per heavy atom. The number of benzene rings is 1. The van der Waals surface area contributed by atoms with Gasteiger partial charge in [0.05, 0.1) is 23.3 Å². The van der Waals surface area contributed by atoms with Gasteiger partial charge in [0, 0.05) is 38.1 Å². The van der Waals surface area contributed by atoms with Gasteiger partial charge in [0.25, 0.3) is 0 Å². The second kappa shape index (κ2) is 6.70. The predicted octanol–water partition coefficient (Wildman–Crippen LogP) is 2.35. The summed E-state index contributed by atoms with van der Waals surface area (Å²) in [5.74, 6) is 0. The highest BCUT2D eigenvalue weighted by Crippen LogP contribution is 2.21. The first-order valence-electron chi connectivity index (χ1n) is 8.14. The molecule has 0 amide bonds. The number of thiazole rings is 1. The fourth-order valence-corrected chi connectivity index (χ4v) is 3.75. The van der Waals surface area contributed by atoms with Gasteiger partial charge in [-0.25, -0.2) is 9.67 Å². The Morgan fingerprint density at radius 2 is 1.88 bits per heavy atom. The van der Waals surface area contributed by atoms with E-state index in [4.69, 9.17) is 0 Å². The normalized spacial score (nSPS) is 15.8. The van der Waals surface area contributed by atoms with Gasteiger partial charge < -0.3 is 4.90 Å². The maximum absolute atomic E-state index is 4.58. The van der Waals surface area contributed by atoms with Gasteiger partial charge in [-0.2, -0.15) is 0 Å². The second-order valence-corrected chi connectivity index (χ2v) is 6.86. The van der Waals surface area contributed by atoms with E-state index >= 15 is 0 Å². The fourth-order valence-electron chi connectivity index (χ4n) is 2.89. The van der Waals surface area contributed by atoms with Crippen molar-refractivity contribution >= 4 is 16.5 Å². The molecule has 0 radical (unpaired) electrons. The Kier molecular flexibility index (Phi) is 4.27. The molecule has 1 aliphatic heterocycles. The fraction of sp³-hybridized carbons (Fsp3) is 0.353. The van der Waals surface area contributed by atoms with Gasteiger partial charge in [0.1, 0.15) is 0 Å². The number of rotatable bonds is 4. The molecule has 3 aromatic rings. The van der Waals surface area contributed by atoms with Gasteiger partial charge in [-0.15, -0.1) is 16.4 Å². The van der Waals surface area contributed by atoms with Gasteiger partial charge in [-0.3, -0.25) is 4.90 Å². The number of para-hydroxylation sites is 1. The van der Waals surface area contributed by atoms with Crippen molar-refractivity contribution in [1.82, 2.24) is 24.9 Å². The third-order valence-electron chi connectivity index (χ3n) is 4.20. The Labute approximate surface area is 145 Å². The number of aromatic nitrogens is 4. The van der Waals surface area contributed by atoms with E-state index in [0.29, 0.717) is 0 Å². The molecule has 24 heavy (non-hydrogen) atoms. The molecule has 3 heterocycles. The van der Waals surface area contributed by atoms with Crippen LogP contribution < -0.4 is 4.90 Å². The van der Waals surface area contributed by atoms with Crippen LogP contribution in [0, 0.1) is 6.92 Å². The first-order valence-corrected chi connectivity index (χ1v) is 9.02. The van der Waals surface area contributed by atoms with Crippen LogP contribution in [0.1, 0.15) is 11.4 Å². The summed E-state index contributed by atoms with van der Waals surface area (Å²) < 4.78 is 1.84. The Balaban J connectivity index is 1.35. The van der Waals surface area contributed by atoms with Crippen molar-refractivity contribution in [3.05, 3.63) is 53.3 Å². The van der Waals surface area contributed by atoms with Crippen LogP contribution in [0.25, 0.3) is 5.69 Å². The van der Waals surface area contributed by atoms with Crippen molar-refractivity contribution in [1.29, 1.82) is 0 Å². The van der Waals surface area contributed by atoms with E-state index in [9.17, 15) is 0 Å². The molecular weight excluding hydrogens is 320 g/mol. The van der Waals surface area contributed by atoms with Gasteiger partial charge >= 0.3 is 0 Å². The minimum atomic E-state index is 0.845. The summed E-state index contributed by atoms with van der Waals surface area (Å²) >= 11 is 1.73. The molecule has 2 aromatic heterocycles. The third kappa shape index (κ3) is 3.32. The lowest BCUT2D eigenvalue weighted by molar-refractivity contribution is 0.247. The van der Waals surface area contributed by atoms with Crippen molar-refractivity contribution in [3.8, 4) is 5.69 Å². The molecule has 0 spiro atoms. The number of aryl methyl sites for hydroxylation is 1. The molecular formula is C17H20N6S. The molecule has 7 heteroatoms. The average Bonchev–Trinajstić information content (AvgIpc) is 3.26. The van der Waals surface area contributed by atoms with E-state index in [1.54, 1.807) is 11.3 Å². The van der Waals surface area contributed by atoms with Gasteiger partial charge in [0.15, 0.2) is 5.13 Å². The maximum atomic E-state index is 4.58. The number of hydrogen-bond donors (Lipinski definition) is 0. The maximum Gasteiger partial charge on any atom is 0.185 e. The highest BCUT2D eigenvalue weighted by Gasteiger charge is 2.20. The van der Waals surface area contributed by atoms with Crippen molar-refractivity contribution in [2.24, 2.45) is 0 Å². The largest absolute Gasteiger partial charge is 0.346 e. The Hall–Kier alpha value is -2.25. The van der Waals surface area contributed by atoms with Crippen LogP contribution in [0.4, 0.5) is 5.13 Å². The first kappa shape index (κ1) is 15.3. The zero-order valence-corrected chi connectivity index (χ0v) is 14.5. The SMILES string of the molecule is Cc1csc(N2CCN(Cc3cn(-c4ccccc4)nn3)CC2)n1. The molecule has 0 saturated carbocycles. The summed E-state index contributed by atoms with van der Waals surface area (Å²) in [5, 5.41) is 11.8. The van der Waals surface area contributed by atoms with Crippen LogP contribution in [0.5, 0.6) is 0 Å². The summed E-state index contributed by atoms with van der Waals surface area (Å²) in [5.41, 5.74) is 3.16. The number of hydrogen-bond acceptors (Lipinski definition) is 6. The molecule has 0 atom stereocenters. The number of anilines is 1. The smallest absolute Gasteiger partial charge is 0.185 e. The molecule has 0 N–H and O–H groups in total. The highest BCUT2D eigenvalue weighted by molar-refractivity contribution is 7.13. The minimum absolute atomic E-state index is 0.845. The van der Waals surface area contributed by atoms with Gasteiger partial charge in [0.2, 0.25) is 0 Å². The van der Waals surface area contributed by atoms with E-state index in [0.717, 1.165) is 54.9 Å². The monoisotopic (exact) mass is 340 g/mol. The van der Waals surface area contributed by atoms with Crippen LogP contribution in [0.15, 0.2) is 41.9 Å². The predicted molar refractivity (Wildman–Crippen MR) is 95.7 cm³/mol. The van der Waals surface area contributed by atoms with Crippen LogP contribution in [0.2, 0.25) is 0 Å². The molecule has 124 valence electrons. The summed E-state index contributed by atoms with van der Waals surface area (Å²) in [6.45, 7) is 6.97. The lowest BCUT2D eigenvalue weighted by Crippen LogP contribution is -2.46. The zero-order valence-electron chi connectivity index (χ0n) is 13.7. The van der Waals surface area contributed by atoms with Gasteiger partial charge in [-0.05, 0) is 19.1 Å². The third-order valence-corrected chi connectivity index (χ3v) is 5.22. The van der Waals surface area contributed by atoms with E-state index in [-0.39, 0.29) is 0 Å². The average molecular weight is 340 g/mol. The Bertz CT molecular complexity index is 788. The molecule has 4 rings (SSSR count). The van der Waals surface area contributed by atoms with Crippen LogP contribution in [-0.4, -0.2) is 51.1 Å². The Morgan fingerprint density at radius 1 is 1.08 bits per heavy atom. The zero-order chi connectivity index (χ0) is 16.4. The van der Waals surface area contributed by atoms with Crippen LogP contribution in [0.3, 0.4) is 0 Å². The lowest BCUT2D eigenvalue weighted by atomic mass is 10.3. The van der Waals surface area contributed by atoms with Crippen molar-refractivity contribution in [2.75, 3.05) is 31.1 Å². The number of nitrogens with zero attached hydrogens (tertiary/aromatic N) is 6. The summed E-state index contributed by atoms with van der Waals surface area (Å²) in [4.78, 5) is 9.38. The molecule has 0 aliphatic carbocycles. The first-order chi connectivity index (χ1) is 11.8.